The summed E-state index contributed by atoms with van der Waals surface area (Å²) in [6, 6.07) is 14.0. The van der Waals surface area contributed by atoms with Crippen LogP contribution in [0.2, 0.25) is 0 Å². The van der Waals surface area contributed by atoms with Gasteiger partial charge in [0.1, 0.15) is 17.2 Å². The maximum atomic E-state index is 12.2. The molecule has 1 heterocycles. The summed E-state index contributed by atoms with van der Waals surface area (Å²) >= 11 is 0. The molecule has 164 valence electrons. The molecule has 0 spiro atoms. The lowest BCUT2D eigenvalue weighted by atomic mass is 10.2. The van der Waals surface area contributed by atoms with Crippen LogP contribution in [0.5, 0.6) is 11.5 Å². The minimum absolute atomic E-state index is 0.0990. The molecule has 2 aromatic carbocycles. The zero-order valence-corrected chi connectivity index (χ0v) is 17.4. The van der Waals surface area contributed by atoms with Crippen molar-refractivity contribution in [2.45, 2.75) is 13.5 Å². The molecule has 10 heteroatoms. The van der Waals surface area contributed by atoms with Crippen molar-refractivity contribution < 1.29 is 19.2 Å². The number of ether oxygens (including phenoxy) is 1. The van der Waals surface area contributed by atoms with Crippen LogP contribution < -0.4 is 20.7 Å². The van der Waals surface area contributed by atoms with Gasteiger partial charge in [-0.1, -0.05) is 18.2 Å². The first-order valence-electron chi connectivity index (χ1n) is 9.60. The highest BCUT2D eigenvalue weighted by Crippen LogP contribution is 2.23. The molecule has 10 nitrogen and oxygen atoms in total. The van der Waals surface area contributed by atoms with Gasteiger partial charge in [0.15, 0.2) is 0 Å². The van der Waals surface area contributed by atoms with E-state index in [1.165, 1.54) is 31.4 Å². The topological polar surface area (TPSA) is 135 Å². The number of nitrogens with one attached hydrogen (secondary N) is 3. The molecule has 0 saturated carbocycles. The van der Waals surface area contributed by atoms with E-state index in [-0.39, 0.29) is 23.8 Å². The van der Waals surface area contributed by atoms with Crippen molar-refractivity contribution in [3.05, 3.63) is 87.7 Å². The van der Waals surface area contributed by atoms with E-state index in [1.807, 2.05) is 0 Å². The molecule has 3 aromatic rings. The first kappa shape index (κ1) is 22.2. The van der Waals surface area contributed by atoms with Gasteiger partial charge in [0, 0.05) is 38.0 Å². The van der Waals surface area contributed by atoms with Crippen LogP contribution in [0.15, 0.2) is 60.8 Å². The smallest absolute Gasteiger partial charge is 0.319 e. The highest BCUT2D eigenvalue weighted by molar-refractivity contribution is 5.92. The molecule has 0 aliphatic rings. The lowest BCUT2D eigenvalue weighted by Crippen LogP contribution is -2.28. The number of pyridine rings is 1. The molecular weight excluding hydrogens is 414 g/mol. The molecule has 1 aromatic heterocycles. The Morgan fingerprint density at radius 2 is 1.81 bits per heavy atom. The van der Waals surface area contributed by atoms with Gasteiger partial charge in [-0.05, 0) is 36.2 Å². The van der Waals surface area contributed by atoms with E-state index in [4.69, 9.17) is 4.74 Å². The Labute approximate surface area is 183 Å². The molecule has 3 amide bonds. The number of nitrogens with zero attached hydrogens (tertiary/aromatic N) is 2. The predicted molar refractivity (Wildman–Crippen MR) is 118 cm³/mol. The fraction of sp³-hybridized carbons (Fsp3) is 0.136. The summed E-state index contributed by atoms with van der Waals surface area (Å²) in [5.74, 6) is 0.714. The lowest BCUT2D eigenvalue weighted by Gasteiger charge is -2.11. The van der Waals surface area contributed by atoms with Crippen molar-refractivity contribution >= 4 is 23.3 Å². The molecular formula is C22H21N5O5. The summed E-state index contributed by atoms with van der Waals surface area (Å²) in [6.07, 6.45) is 1.49. The number of hydrogen-bond donors (Lipinski definition) is 3. The molecule has 3 N–H and O–H groups in total. The molecule has 0 aliphatic carbocycles. The highest BCUT2D eigenvalue weighted by Gasteiger charge is 2.11. The van der Waals surface area contributed by atoms with E-state index in [1.54, 1.807) is 43.3 Å². The molecule has 0 radical (unpaired) electrons. The number of carbonyl (C=O) groups is 2. The van der Waals surface area contributed by atoms with Crippen molar-refractivity contribution in [1.29, 1.82) is 0 Å². The second-order valence-corrected chi connectivity index (χ2v) is 6.77. The number of non-ortho nitro benzene ring substituents is 1. The molecule has 0 atom stereocenters. The number of aryl methyl sites for hydroxylation is 1. The van der Waals surface area contributed by atoms with E-state index < -0.39 is 11.0 Å². The van der Waals surface area contributed by atoms with E-state index in [0.717, 1.165) is 5.56 Å². The molecule has 0 bridgehead atoms. The van der Waals surface area contributed by atoms with Gasteiger partial charge in [0.2, 0.25) is 0 Å². The van der Waals surface area contributed by atoms with Crippen LogP contribution in [-0.2, 0) is 6.54 Å². The van der Waals surface area contributed by atoms with Gasteiger partial charge < -0.3 is 20.7 Å². The number of carbonyl (C=O) groups excluding carboxylic acids is 2. The third-order valence-corrected chi connectivity index (χ3v) is 4.48. The summed E-state index contributed by atoms with van der Waals surface area (Å²) in [4.78, 5) is 38.2. The summed E-state index contributed by atoms with van der Waals surface area (Å²) in [6.45, 7) is 1.99. The van der Waals surface area contributed by atoms with Crippen molar-refractivity contribution in [3.8, 4) is 11.5 Å². The summed E-state index contributed by atoms with van der Waals surface area (Å²) < 4.78 is 5.74. The van der Waals surface area contributed by atoms with Crippen molar-refractivity contribution in [1.82, 2.24) is 15.6 Å². The second-order valence-electron chi connectivity index (χ2n) is 6.77. The molecule has 32 heavy (non-hydrogen) atoms. The standard InChI is InChI=1S/C22H21N5O5/c1-14-3-6-16(27(30)31)11-19(14)26-22(29)25-13-15-4-7-17(8-5-15)32-18-9-10-24-20(12-18)21(28)23-2/h3-12H,13H2,1-2H3,(H,23,28)(H2,25,26,29). The highest BCUT2D eigenvalue weighted by atomic mass is 16.6. The third kappa shape index (κ3) is 5.79. The van der Waals surface area contributed by atoms with Crippen LogP contribution in [0.25, 0.3) is 0 Å². The Morgan fingerprint density at radius 3 is 2.50 bits per heavy atom. The van der Waals surface area contributed by atoms with Gasteiger partial charge in [-0.2, -0.15) is 0 Å². The Morgan fingerprint density at radius 1 is 1.06 bits per heavy atom. The fourth-order valence-electron chi connectivity index (χ4n) is 2.75. The quantitative estimate of drug-likeness (QED) is 0.382. The molecule has 3 rings (SSSR count). The van der Waals surface area contributed by atoms with Crippen LogP contribution in [0, 0.1) is 17.0 Å². The summed E-state index contributed by atoms with van der Waals surface area (Å²) in [5.41, 5.74) is 2.05. The number of hydrogen-bond acceptors (Lipinski definition) is 6. The molecule has 0 aliphatic heterocycles. The van der Waals surface area contributed by atoms with Crippen molar-refractivity contribution in [3.63, 3.8) is 0 Å². The number of anilines is 1. The van der Waals surface area contributed by atoms with Crippen LogP contribution in [0.3, 0.4) is 0 Å². The van der Waals surface area contributed by atoms with Crippen LogP contribution in [0.4, 0.5) is 16.2 Å². The van der Waals surface area contributed by atoms with Gasteiger partial charge in [0.25, 0.3) is 11.6 Å². The summed E-state index contributed by atoms with van der Waals surface area (Å²) in [5, 5.41) is 18.7. The average Bonchev–Trinajstić information content (AvgIpc) is 2.79. The van der Waals surface area contributed by atoms with Crippen molar-refractivity contribution in [2.24, 2.45) is 0 Å². The Kier molecular flexibility index (Phi) is 6.96. The number of aromatic nitrogens is 1. The number of amides is 3. The second kappa shape index (κ2) is 10.0. The average molecular weight is 435 g/mol. The third-order valence-electron chi connectivity index (χ3n) is 4.48. The zero-order valence-electron chi connectivity index (χ0n) is 17.4. The number of urea groups is 1. The fourth-order valence-corrected chi connectivity index (χ4v) is 2.75. The number of nitro benzene ring substituents is 1. The van der Waals surface area contributed by atoms with Crippen molar-refractivity contribution in [2.75, 3.05) is 12.4 Å². The van der Waals surface area contributed by atoms with Gasteiger partial charge in [-0.25, -0.2) is 4.79 Å². The van der Waals surface area contributed by atoms with Crippen LogP contribution >= 0.6 is 0 Å². The van der Waals surface area contributed by atoms with E-state index in [2.05, 4.69) is 20.9 Å². The lowest BCUT2D eigenvalue weighted by molar-refractivity contribution is -0.384. The maximum absolute atomic E-state index is 12.2. The maximum Gasteiger partial charge on any atom is 0.319 e. The Hall–Kier alpha value is -4.47. The van der Waals surface area contributed by atoms with Gasteiger partial charge in [0.05, 0.1) is 10.6 Å². The predicted octanol–water partition coefficient (Wildman–Crippen LogP) is 3.77. The minimum atomic E-state index is -0.516. The monoisotopic (exact) mass is 435 g/mol. The number of rotatable bonds is 7. The minimum Gasteiger partial charge on any atom is -0.457 e. The van der Waals surface area contributed by atoms with E-state index in [0.29, 0.717) is 22.7 Å². The van der Waals surface area contributed by atoms with E-state index >= 15 is 0 Å². The normalized spacial score (nSPS) is 10.2. The first-order chi connectivity index (χ1) is 15.4. The SMILES string of the molecule is CNC(=O)c1cc(Oc2ccc(CNC(=O)Nc3cc([N+](=O)[O-])ccc3C)cc2)ccn1. The Balaban J connectivity index is 1.56. The van der Waals surface area contributed by atoms with Crippen LogP contribution in [-0.4, -0.2) is 28.9 Å². The van der Waals surface area contributed by atoms with Crippen LogP contribution in [0.1, 0.15) is 21.6 Å². The van der Waals surface area contributed by atoms with Gasteiger partial charge in [-0.15, -0.1) is 0 Å². The van der Waals surface area contributed by atoms with E-state index in [9.17, 15) is 19.7 Å². The van der Waals surface area contributed by atoms with Gasteiger partial charge in [-0.3, -0.25) is 19.9 Å². The molecule has 0 unspecified atom stereocenters. The number of nitro groups is 1. The molecule has 0 saturated heterocycles. The summed E-state index contributed by atoms with van der Waals surface area (Å²) in [7, 11) is 1.52. The first-order valence-corrected chi connectivity index (χ1v) is 9.60. The van der Waals surface area contributed by atoms with Gasteiger partial charge >= 0.3 is 6.03 Å². The largest absolute Gasteiger partial charge is 0.457 e. The number of benzene rings is 2. The molecule has 0 fully saturated rings. The zero-order chi connectivity index (χ0) is 23.1. The Bertz CT molecular complexity index is 1150.